The minimum absolute atomic E-state index is 0.0230. The highest BCUT2D eigenvalue weighted by Gasteiger charge is 2.27. The van der Waals surface area contributed by atoms with Gasteiger partial charge in [-0.05, 0) is 83.5 Å². The van der Waals surface area contributed by atoms with Gasteiger partial charge in [-0.1, -0.05) is 213 Å². The van der Waals surface area contributed by atoms with Crippen LogP contribution in [0.15, 0.2) is 109 Å². The summed E-state index contributed by atoms with van der Waals surface area (Å²) in [5.41, 5.74) is 0. The fourth-order valence-corrected chi connectivity index (χ4v) is 7.63. The molecule has 0 aliphatic heterocycles. The van der Waals surface area contributed by atoms with Crippen LogP contribution in [0.5, 0.6) is 0 Å². The SMILES string of the molecule is CC/C=C\C/C=C\C/C=C\C/C=C\C/C=C\C/C=C\C/C=C\C/C=C\C/C=C\CCCCCCCC(=O)OC(COC(=O)CCCCCCCCCCCCCC)COP(=O)(O)OCC[N+](C)(C)C. The average molecular weight is 983 g/mol. The van der Waals surface area contributed by atoms with E-state index in [-0.39, 0.29) is 32.0 Å². The molecule has 0 fully saturated rings. The molecule has 394 valence electrons. The summed E-state index contributed by atoms with van der Waals surface area (Å²) in [6.07, 6.45) is 68.7. The average Bonchev–Trinajstić information content (AvgIpc) is 3.31. The van der Waals surface area contributed by atoms with E-state index in [4.69, 9.17) is 18.5 Å². The Hall–Kier alpha value is -3.33. The highest BCUT2D eigenvalue weighted by molar-refractivity contribution is 7.47. The minimum Gasteiger partial charge on any atom is -0.462 e. The van der Waals surface area contributed by atoms with Crippen molar-refractivity contribution < 1.29 is 42.1 Å². The number of likely N-dealkylation sites (N-methyl/N-ethyl adjacent to an activating group) is 1. The third kappa shape index (κ3) is 53.9. The Morgan fingerprint density at radius 3 is 1.23 bits per heavy atom. The van der Waals surface area contributed by atoms with E-state index in [1.807, 2.05) is 21.1 Å². The predicted octanol–water partition coefficient (Wildman–Crippen LogP) is 16.6. The van der Waals surface area contributed by atoms with Crippen molar-refractivity contribution in [2.75, 3.05) is 47.5 Å². The summed E-state index contributed by atoms with van der Waals surface area (Å²) in [7, 11) is 1.45. The number of rotatable bonds is 48. The number of hydrogen-bond acceptors (Lipinski definition) is 7. The highest BCUT2D eigenvalue weighted by atomic mass is 31.2. The number of quaternary nitrogens is 1. The monoisotopic (exact) mass is 983 g/mol. The number of allylic oxidation sites excluding steroid dienone is 18. The smallest absolute Gasteiger partial charge is 0.462 e. The molecule has 0 aromatic heterocycles. The van der Waals surface area contributed by atoms with Gasteiger partial charge < -0.3 is 18.9 Å². The lowest BCUT2D eigenvalue weighted by Gasteiger charge is -2.24. The maximum Gasteiger partial charge on any atom is 0.472 e. The molecule has 0 aliphatic rings. The number of unbranched alkanes of at least 4 members (excludes halogenated alkanes) is 16. The van der Waals surface area contributed by atoms with E-state index in [9.17, 15) is 19.0 Å². The lowest BCUT2D eigenvalue weighted by Crippen LogP contribution is -2.37. The first-order chi connectivity index (χ1) is 33.5. The first-order valence-electron chi connectivity index (χ1n) is 27.1. The van der Waals surface area contributed by atoms with Crippen LogP contribution in [0.2, 0.25) is 0 Å². The topological polar surface area (TPSA) is 108 Å². The van der Waals surface area contributed by atoms with E-state index in [1.54, 1.807) is 0 Å². The summed E-state index contributed by atoms with van der Waals surface area (Å²) in [6.45, 7) is 4.27. The number of phosphoric acid groups is 1. The summed E-state index contributed by atoms with van der Waals surface area (Å²) in [5.74, 6) is -0.826. The van der Waals surface area contributed by atoms with Gasteiger partial charge in [0.05, 0.1) is 27.7 Å². The van der Waals surface area contributed by atoms with E-state index < -0.39 is 26.5 Å². The Labute approximate surface area is 423 Å². The second-order valence-corrected chi connectivity index (χ2v) is 20.3. The Morgan fingerprint density at radius 2 is 0.826 bits per heavy atom. The Balaban J connectivity index is 4.22. The van der Waals surface area contributed by atoms with Crippen LogP contribution in [0, 0.1) is 0 Å². The molecule has 0 aromatic carbocycles. The molecule has 1 N–H and O–H groups in total. The zero-order valence-corrected chi connectivity index (χ0v) is 45.4. The first kappa shape index (κ1) is 65.7. The van der Waals surface area contributed by atoms with Crippen LogP contribution in [0.3, 0.4) is 0 Å². The molecule has 0 saturated carbocycles. The second kappa shape index (κ2) is 49.6. The number of phosphoric ester groups is 1. The van der Waals surface area contributed by atoms with Crippen molar-refractivity contribution in [2.24, 2.45) is 0 Å². The van der Waals surface area contributed by atoms with Crippen molar-refractivity contribution in [2.45, 2.75) is 206 Å². The molecule has 0 aliphatic carbocycles. The van der Waals surface area contributed by atoms with Crippen molar-refractivity contribution in [3.8, 4) is 0 Å². The molecule has 2 unspecified atom stereocenters. The first-order valence-corrected chi connectivity index (χ1v) is 28.6. The van der Waals surface area contributed by atoms with Gasteiger partial charge in [-0.15, -0.1) is 0 Å². The van der Waals surface area contributed by atoms with E-state index in [1.165, 1.54) is 57.8 Å². The summed E-state index contributed by atoms with van der Waals surface area (Å²) in [4.78, 5) is 35.5. The molecule has 0 amide bonds. The van der Waals surface area contributed by atoms with E-state index >= 15 is 0 Å². The lowest BCUT2D eigenvalue weighted by atomic mass is 10.0. The zero-order valence-electron chi connectivity index (χ0n) is 44.5. The lowest BCUT2D eigenvalue weighted by molar-refractivity contribution is -0.870. The number of nitrogens with zero attached hydrogens (tertiary/aromatic N) is 1. The third-order valence-electron chi connectivity index (χ3n) is 11.1. The van der Waals surface area contributed by atoms with Gasteiger partial charge in [0, 0.05) is 12.8 Å². The van der Waals surface area contributed by atoms with E-state index in [0.717, 1.165) is 109 Å². The number of carbonyl (C=O) groups is 2. The Bertz CT molecular complexity index is 1530. The van der Waals surface area contributed by atoms with Gasteiger partial charge in [0.1, 0.15) is 19.8 Å². The van der Waals surface area contributed by atoms with Crippen molar-refractivity contribution in [1.82, 2.24) is 0 Å². The fourth-order valence-electron chi connectivity index (χ4n) is 6.89. The van der Waals surface area contributed by atoms with Gasteiger partial charge in [0.25, 0.3) is 0 Å². The van der Waals surface area contributed by atoms with Crippen LogP contribution in [-0.4, -0.2) is 74.9 Å². The highest BCUT2D eigenvalue weighted by Crippen LogP contribution is 2.43. The van der Waals surface area contributed by atoms with Crippen LogP contribution in [0.1, 0.15) is 200 Å². The second-order valence-electron chi connectivity index (χ2n) is 18.9. The third-order valence-corrected chi connectivity index (χ3v) is 12.1. The van der Waals surface area contributed by atoms with Crippen LogP contribution in [-0.2, 0) is 32.7 Å². The molecular formula is C59H101NO8P+. The van der Waals surface area contributed by atoms with Crippen molar-refractivity contribution in [3.63, 3.8) is 0 Å². The maximum atomic E-state index is 12.8. The summed E-state index contributed by atoms with van der Waals surface area (Å²) < 4.78 is 34.4. The van der Waals surface area contributed by atoms with Gasteiger partial charge in [-0.25, -0.2) is 4.57 Å². The molecule has 0 saturated heterocycles. The van der Waals surface area contributed by atoms with Crippen LogP contribution in [0.25, 0.3) is 0 Å². The fraction of sp³-hybridized carbons (Fsp3) is 0.661. The standard InChI is InChI=1S/C59H100NO8P/c1-6-8-10-12-14-16-18-20-21-22-23-24-25-26-27-28-29-30-31-32-33-34-35-36-37-38-39-40-42-44-46-48-50-52-59(62)68-57(56-67-69(63,64)66-54-53-60(3,4)5)55-65-58(61)51-49-47-45-43-41-19-17-15-13-11-9-7-2/h8,10,14,16,20-21,23-24,26-27,29-30,32-33,35-36,38-39,57H,6-7,9,11-13,15,17-19,22,25,28,31,34,37,40-56H2,1-5H3/p+1/b10-8-,16-14-,21-20-,24-23-,27-26-,30-29-,33-32-,36-35-,39-38-. The maximum absolute atomic E-state index is 12.8. The van der Waals surface area contributed by atoms with Gasteiger partial charge in [0.2, 0.25) is 0 Å². The van der Waals surface area contributed by atoms with E-state index in [2.05, 4.69) is 123 Å². The molecule has 0 radical (unpaired) electrons. The van der Waals surface area contributed by atoms with Gasteiger partial charge in [-0.2, -0.15) is 0 Å². The summed E-state index contributed by atoms with van der Waals surface area (Å²) in [5, 5.41) is 0. The molecule has 2 atom stereocenters. The molecule has 0 heterocycles. The normalized spacial score (nSPS) is 14.2. The van der Waals surface area contributed by atoms with Crippen LogP contribution in [0.4, 0.5) is 0 Å². The molecule has 10 heteroatoms. The molecular weight excluding hydrogens is 882 g/mol. The molecule has 9 nitrogen and oxygen atoms in total. The van der Waals surface area contributed by atoms with Gasteiger partial charge >= 0.3 is 19.8 Å². The van der Waals surface area contributed by atoms with Crippen molar-refractivity contribution in [3.05, 3.63) is 109 Å². The largest absolute Gasteiger partial charge is 0.472 e. The Kier molecular flexibility index (Phi) is 47.2. The molecule has 69 heavy (non-hydrogen) atoms. The molecule has 0 aromatic rings. The summed E-state index contributed by atoms with van der Waals surface area (Å²) >= 11 is 0. The molecule has 0 bridgehead atoms. The zero-order chi connectivity index (χ0) is 50.6. The van der Waals surface area contributed by atoms with E-state index in [0.29, 0.717) is 17.4 Å². The Morgan fingerprint density at radius 1 is 0.464 bits per heavy atom. The minimum atomic E-state index is -4.39. The van der Waals surface area contributed by atoms with Gasteiger partial charge in [-0.3, -0.25) is 18.6 Å². The number of ether oxygens (including phenoxy) is 2. The van der Waals surface area contributed by atoms with Gasteiger partial charge in [0.15, 0.2) is 6.10 Å². The molecule has 0 spiro atoms. The quantitative estimate of drug-likeness (QED) is 0.0211. The van der Waals surface area contributed by atoms with Crippen molar-refractivity contribution >= 4 is 19.8 Å². The number of hydrogen-bond donors (Lipinski definition) is 1. The summed E-state index contributed by atoms with van der Waals surface area (Å²) in [6, 6.07) is 0. The predicted molar refractivity (Wildman–Crippen MR) is 293 cm³/mol. The molecule has 0 rings (SSSR count). The number of carbonyl (C=O) groups excluding carboxylic acids is 2. The van der Waals surface area contributed by atoms with Crippen molar-refractivity contribution in [1.29, 1.82) is 0 Å². The van der Waals surface area contributed by atoms with Crippen LogP contribution < -0.4 is 0 Å². The number of esters is 2. The van der Waals surface area contributed by atoms with Crippen LogP contribution >= 0.6 is 7.82 Å².